The minimum atomic E-state index is -4.09. The van der Waals surface area contributed by atoms with E-state index in [1.54, 1.807) is 87.6 Å². The van der Waals surface area contributed by atoms with Crippen LogP contribution in [0.4, 0.5) is 32.3 Å². The van der Waals surface area contributed by atoms with E-state index in [0.29, 0.717) is 28.5 Å². The highest BCUT2D eigenvalue weighted by molar-refractivity contribution is 8.13. The van der Waals surface area contributed by atoms with Gasteiger partial charge in [-0.3, -0.25) is 43.3 Å². The Morgan fingerprint density at radius 3 is 0.963 bits per heavy atom. The molecule has 6 heterocycles. The van der Waals surface area contributed by atoms with Crippen LogP contribution in [0, 0.1) is 27.7 Å². The average Bonchev–Trinajstić information content (AvgIpc) is 1.74. The molecule has 4 aliphatic heterocycles. The molecule has 0 saturated carbocycles. The molecule has 4 unspecified atom stereocenters. The molecule has 9 amide bonds. The zero-order chi connectivity index (χ0) is 100. The Hall–Kier alpha value is -14.8. The topological polar surface area (TPSA) is 516 Å². The van der Waals surface area contributed by atoms with E-state index >= 15 is 0 Å². The first-order valence-electron chi connectivity index (χ1n) is 42.5. The van der Waals surface area contributed by atoms with Crippen molar-refractivity contribution in [2.75, 3.05) is 47.8 Å². The van der Waals surface area contributed by atoms with Gasteiger partial charge in [0.15, 0.2) is 17.7 Å². The number of hydrogen-bond acceptors (Lipinski definition) is 26. The fourth-order valence-corrected chi connectivity index (χ4v) is 16.6. The number of aromatic nitrogens is 2. The van der Waals surface area contributed by atoms with Crippen LogP contribution in [0.5, 0.6) is 0 Å². The first kappa shape index (κ1) is 105. The van der Waals surface area contributed by atoms with Crippen molar-refractivity contribution in [1.29, 1.82) is 0 Å². The third kappa shape index (κ3) is 27.5. The normalized spacial score (nSPS) is 16.5. The number of benzodiazepines with no additional fused rings is 4. The second-order valence-corrected chi connectivity index (χ2v) is 37.3. The zero-order valence-corrected chi connectivity index (χ0v) is 80.4. The largest absolute Gasteiger partial charge is 0.480 e. The lowest BCUT2D eigenvalue weighted by atomic mass is 10.0. The van der Waals surface area contributed by atoms with E-state index in [-0.39, 0.29) is 50.4 Å². The molecule has 4 aliphatic rings. The lowest BCUT2D eigenvalue weighted by Crippen LogP contribution is -2.52. The fraction of sp³-hybridized carbons (Fsp3) is 0.292. The maximum absolute atomic E-state index is 13.2. The number of rotatable bonds is 17. The summed E-state index contributed by atoms with van der Waals surface area (Å²) >= 11 is 0. The molecule has 8 aromatic carbocycles. The number of nitrogens with zero attached hydrogens (tertiary/aromatic N) is 10. The Balaban J connectivity index is 0.000000190. The molecule has 37 nitrogen and oxygen atoms in total. The van der Waals surface area contributed by atoms with Crippen LogP contribution >= 0.6 is 10.7 Å². The number of para-hydroxylation sites is 4. The summed E-state index contributed by atoms with van der Waals surface area (Å²) in [6.07, 6.45) is -5.75. The van der Waals surface area contributed by atoms with Gasteiger partial charge in [0.1, 0.15) is 44.5 Å². The number of carbonyl (C=O) groups excluding carboxylic acids is 9. The van der Waals surface area contributed by atoms with Crippen LogP contribution in [0.2, 0.25) is 0 Å². The Kier molecular flexibility index (Phi) is 35.3. The van der Waals surface area contributed by atoms with Gasteiger partial charge in [0.05, 0.1) is 57.7 Å². The van der Waals surface area contributed by atoms with Gasteiger partial charge in [-0.05, 0) is 121 Å². The molecule has 0 spiro atoms. The van der Waals surface area contributed by atoms with E-state index in [9.17, 15) is 64.8 Å². The number of likely N-dealkylation sites (N-methyl/N-ethyl adjacent to an activating group) is 4. The predicted molar refractivity (Wildman–Crippen MR) is 515 cm³/mol. The number of carboxylic acid groups (broad SMARTS) is 1. The number of benzene rings is 8. The molecule has 0 radical (unpaired) electrons. The molecule has 2 aromatic heterocycles. The summed E-state index contributed by atoms with van der Waals surface area (Å²) in [4.78, 5) is 147. The van der Waals surface area contributed by atoms with E-state index in [2.05, 4.69) is 66.1 Å². The lowest BCUT2D eigenvalue weighted by molar-refractivity contribution is -0.139. The molecule has 0 bridgehead atoms. The summed E-state index contributed by atoms with van der Waals surface area (Å²) in [6, 6.07) is 64.4. The number of aliphatic carboxylic acids is 1. The highest BCUT2D eigenvalue weighted by atomic mass is 35.7. The SMILES string of the molecule is CN1C(=O)C(N)N=C(c2ccccc2)c2ccccc21.C[C@@H](NC(=O)OC(C)(C)C)C(=O)O.C[C@H](N)C(=O)NC1N=C(c2ccccc2)c2ccccc2N(C)C1=O.C[C@H](NC(=O)OC(C)(C)C)C(=O)NC1N=C(c2ccccc2)c2ccccc2N(C)C1=O.Cc1noc(C)c1S(=O)(=O)Cl.Cc1noc(C)c1S(=O)(=O)N[C@@H](C)C(=O)NC1N=C(c2ccccc2)c2ccccc2N(C)C1=O. The van der Waals surface area contributed by atoms with Gasteiger partial charge in [-0.2, -0.15) is 4.72 Å². The minimum absolute atomic E-state index is 0.0285. The first-order chi connectivity index (χ1) is 64.0. The van der Waals surface area contributed by atoms with Crippen LogP contribution in [0.15, 0.2) is 257 Å². The van der Waals surface area contributed by atoms with Crippen molar-refractivity contribution in [2.24, 2.45) is 31.4 Å². The Bertz CT molecular complexity index is 6390. The van der Waals surface area contributed by atoms with E-state index in [0.717, 1.165) is 61.6 Å². The van der Waals surface area contributed by atoms with Crippen molar-refractivity contribution in [1.82, 2.24) is 41.6 Å². The highest BCUT2D eigenvalue weighted by Gasteiger charge is 2.38. The number of alkyl carbamates (subject to hydrolysis) is 2. The number of halogens is 1. The van der Waals surface area contributed by atoms with Gasteiger partial charge in [-0.25, -0.2) is 41.4 Å². The minimum Gasteiger partial charge on any atom is -0.480 e. The summed E-state index contributed by atoms with van der Waals surface area (Å²) in [6.45, 7) is 22.1. The monoisotopic (exact) mass is 1920 g/mol. The third-order valence-corrected chi connectivity index (χ3v) is 23.6. The molecule has 14 rings (SSSR count). The number of ether oxygens (including phenoxy) is 2. The number of aliphatic imine (C=N–C) groups is 4. The van der Waals surface area contributed by atoms with Crippen LogP contribution in [-0.2, 0) is 66.9 Å². The summed E-state index contributed by atoms with van der Waals surface area (Å²) in [7, 11) is 3.94. The van der Waals surface area contributed by atoms with Crippen molar-refractivity contribution in [3.05, 3.63) is 286 Å². The van der Waals surface area contributed by atoms with E-state index in [1.165, 1.54) is 63.2 Å². The van der Waals surface area contributed by atoms with Crippen molar-refractivity contribution < 1.29 is 88.4 Å². The van der Waals surface area contributed by atoms with Gasteiger partial charge >= 0.3 is 18.2 Å². The van der Waals surface area contributed by atoms with Gasteiger partial charge in [-0.1, -0.05) is 204 Å². The Labute approximate surface area is 792 Å². The maximum atomic E-state index is 13.2. The number of sulfonamides is 1. The summed E-state index contributed by atoms with van der Waals surface area (Å²) in [5.41, 5.74) is 22.8. The number of nitrogens with one attached hydrogen (secondary N) is 6. The number of nitrogens with two attached hydrogens (primary N) is 2. The van der Waals surface area contributed by atoms with Gasteiger partial charge in [0.2, 0.25) is 46.2 Å². The summed E-state index contributed by atoms with van der Waals surface area (Å²) < 4.78 is 69.1. The summed E-state index contributed by atoms with van der Waals surface area (Å²) in [5, 5.41) is 28.1. The quantitative estimate of drug-likeness (QED) is 0.0383. The highest BCUT2D eigenvalue weighted by Crippen LogP contribution is 2.33. The van der Waals surface area contributed by atoms with Gasteiger partial charge in [0.25, 0.3) is 32.7 Å². The fourth-order valence-electron chi connectivity index (χ4n) is 13.6. The Morgan fingerprint density at radius 1 is 0.412 bits per heavy atom. The maximum Gasteiger partial charge on any atom is 0.408 e. The molecule has 0 saturated heterocycles. The lowest BCUT2D eigenvalue weighted by Gasteiger charge is -2.23. The molecule has 0 aliphatic carbocycles. The van der Waals surface area contributed by atoms with Crippen LogP contribution < -0.4 is 62.4 Å². The molecule has 716 valence electrons. The van der Waals surface area contributed by atoms with Crippen LogP contribution in [0.3, 0.4) is 0 Å². The van der Waals surface area contributed by atoms with E-state index in [4.69, 9.17) is 41.3 Å². The number of amides is 9. The molecule has 11 N–H and O–H groups in total. The molecular formula is C96H109ClN18O19S2. The number of hydrogen-bond donors (Lipinski definition) is 9. The zero-order valence-electron chi connectivity index (χ0n) is 78.0. The van der Waals surface area contributed by atoms with Crippen LogP contribution in [0.25, 0.3) is 0 Å². The standard InChI is InChI=1S/C24H25N5O5S.C24H28N4O4.C19H20N4O2.C16H15N3O.C8H15NO4.C5H6ClNO3S/c1-14-21(16(3)34-27-14)35(32,33)28-15(2)23(30)26-22-24(31)29(4)19-13-9-8-12-18(19)20(25-22)17-10-6-5-7-11-17;1-15(25-23(31)32-24(2,3)4)21(29)27-20-22(30)28(5)18-14-10-9-13-17(18)19(26-20)16-11-7-6-8-12-16;1-12(20)18(24)22-17-19(25)23(2)15-11-7-6-10-14(15)16(21-17)13-8-4-3-5-9-13;1-19-13-10-6-5-9-12(13)14(18-15(17)16(19)20)11-7-3-2-4-8-11;1-5(6(10)11)9-7(12)13-8(2,3)4;1-3-5(11(6,8)9)4(2)10-7-3/h5-13,15,22,28H,1-4H3,(H,26,30);6-15,20H,1-5H3,(H,25,31)(H,27,29);3-12,17H,20H2,1-2H3,(H,22,24);2-10,15H,17H2,1H3;5H,1-4H3,(H,9,12)(H,10,11);1-2H3/t15-,22?;15-,20?;12-,17?;;5-;/m000.1./s1. The smallest absolute Gasteiger partial charge is 0.408 e. The summed E-state index contributed by atoms with van der Waals surface area (Å²) in [5.74, 6) is -3.82. The van der Waals surface area contributed by atoms with Crippen molar-refractivity contribution in [3.63, 3.8) is 0 Å². The second kappa shape index (κ2) is 45.8. The van der Waals surface area contributed by atoms with E-state index < -0.39 is 121 Å². The van der Waals surface area contributed by atoms with E-state index in [1.807, 2.05) is 212 Å². The number of carbonyl (C=O) groups is 10. The van der Waals surface area contributed by atoms with Crippen LogP contribution in [-0.4, -0.2) is 203 Å². The molecule has 40 heteroatoms. The first-order valence-corrected chi connectivity index (χ1v) is 46.3. The molecule has 0 fully saturated rings. The molecule has 8 atom stereocenters. The van der Waals surface area contributed by atoms with Crippen molar-refractivity contribution in [3.8, 4) is 0 Å². The Morgan fingerprint density at radius 2 is 0.684 bits per heavy atom. The van der Waals surface area contributed by atoms with Crippen molar-refractivity contribution in [2.45, 2.75) is 167 Å². The number of anilines is 4. The van der Waals surface area contributed by atoms with Crippen LogP contribution in [0.1, 0.15) is 137 Å². The van der Waals surface area contributed by atoms with Gasteiger partial charge < -0.3 is 81.3 Å². The predicted octanol–water partition coefficient (Wildman–Crippen LogP) is 10.0. The number of carboxylic acids is 1. The average molecular weight is 1920 g/mol. The number of fused-ring (bicyclic) bond motifs is 4. The molecular weight excluding hydrogens is 1810 g/mol. The second-order valence-electron chi connectivity index (χ2n) is 33.2. The van der Waals surface area contributed by atoms with Gasteiger partial charge in [0, 0.05) is 83.4 Å². The van der Waals surface area contributed by atoms with Crippen molar-refractivity contribution >= 4 is 135 Å². The van der Waals surface area contributed by atoms with Gasteiger partial charge in [-0.15, -0.1) is 0 Å². The molecule has 10 aromatic rings. The number of aryl methyl sites for hydroxylation is 4. The third-order valence-electron chi connectivity index (χ3n) is 20.2. The molecule has 136 heavy (non-hydrogen) atoms.